The van der Waals surface area contributed by atoms with Gasteiger partial charge in [-0.05, 0) is 12.1 Å². The van der Waals surface area contributed by atoms with E-state index in [-0.39, 0.29) is 32.3 Å². The Morgan fingerprint density at radius 1 is 1.13 bits per heavy atom. The normalized spacial score (nSPS) is 10.7. The largest absolute Gasteiger partial charge is 0.455 e. The van der Waals surface area contributed by atoms with Crippen molar-refractivity contribution in [2.24, 2.45) is 0 Å². The van der Waals surface area contributed by atoms with Crippen molar-refractivity contribution in [2.45, 2.75) is 0 Å². The fourth-order valence-corrected chi connectivity index (χ4v) is 2.25. The predicted octanol–water partition coefficient (Wildman–Crippen LogP) is 2.57. The summed E-state index contributed by atoms with van der Waals surface area (Å²) < 4.78 is 14.1. The molecule has 0 aliphatic heterocycles. The minimum absolute atomic E-state index is 0.0293. The molecule has 1 N–H and O–H groups in total. The van der Waals surface area contributed by atoms with Gasteiger partial charge in [-0.15, -0.1) is 0 Å². The first-order valence-corrected chi connectivity index (χ1v) is 6.47. The van der Waals surface area contributed by atoms with Gasteiger partial charge in [-0.3, -0.25) is 10.1 Å². The van der Waals surface area contributed by atoms with Crippen molar-refractivity contribution in [2.75, 3.05) is 0 Å². The fourth-order valence-electron chi connectivity index (χ4n) is 2.25. The van der Waals surface area contributed by atoms with Crippen LogP contribution < -0.4 is 4.54 Å². The smallest absolute Gasteiger partial charge is 0.450 e. The van der Waals surface area contributed by atoms with Gasteiger partial charge in [0.2, 0.25) is 4.54 Å². The lowest BCUT2D eigenvalue weighted by Gasteiger charge is -2.03. The van der Waals surface area contributed by atoms with Crippen LogP contribution in [0, 0.1) is 20.8 Å². The minimum atomic E-state index is -0.748. The summed E-state index contributed by atoms with van der Waals surface area (Å²) in [4.78, 5) is 22.0. The number of rotatable bonds is 2. The average Bonchev–Trinajstić information content (AvgIpc) is 2.64. The Bertz CT molecular complexity index is 1010. The van der Waals surface area contributed by atoms with Crippen molar-refractivity contribution < 1.29 is 19.0 Å². The quantitative estimate of drug-likeness (QED) is 0.445. The van der Waals surface area contributed by atoms with E-state index in [1.54, 1.807) is 6.07 Å². The Kier molecular flexibility index (Phi) is 3.41. The maximum atomic E-state index is 14.1. The first kappa shape index (κ1) is 14.5. The van der Waals surface area contributed by atoms with Crippen molar-refractivity contribution in [3.8, 4) is 17.0 Å². The second-order valence-electron chi connectivity index (χ2n) is 4.73. The lowest BCUT2D eigenvalue weighted by molar-refractivity contribution is -0.569. The molecule has 23 heavy (non-hydrogen) atoms. The number of benzene rings is 2. The molecule has 0 fully saturated rings. The Hall–Kier alpha value is -3.42. The van der Waals surface area contributed by atoms with Crippen molar-refractivity contribution >= 4 is 16.6 Å². The summed E-state index contributed by atoms with van der Waals surface area (Å²) in [6.07, 6.45) is 0. The molecular formula is C15H9FN3O4+. The SMILES string of the molecule is O=[N+]([O-])c1ccc2n[n+](=O)c(O)cc(-c3ccccc3F)c2c1. The molecule has 7 nitrogen and oxygen atoms in total. The summed E-state index contributed by atoms with van der Waals surface area (Å²) in [5, 5.41) is 24.5. The van der Waals surface area contributed by atoms with Gasteiger partial charge >= 0.3 is 5.88 Å². The summed E-state index contributed by atoms with van der Waals surface area (Å²) in [7, 11) is 0. The summed E-state index contributed by atoms with van der Waals surface area (Å²) in [5.41, 5.74) is 0.0666. The van der Waals surface area contributed by atoms with Crippen molar-refractivity contribution in [1.82, 2.24) is 5.10 Å². The number of fused-ring (bicyclic) bond motifs is 1. The van der Waals surface area contributed by atoms with Crippen LogP contribution in [0.4, 0.5) is 10.1 Å². The summed E-state index contributed by atoms with van der Waals surface area (Å²) >= 11 is 0. The van der Waals surface area contributed by atoms with Crippen LogP contribution >= 0.6 is 0 Å². The van der Waals surface area contributed by atoms with Gasteiger partial charge in [-0.25, -0.2) is 4.39 Å². The number of aromatic hydroxyl groups is 1. The summed E-state index contributed by atoms with van der Waals surface area (Å²) in [6, 6.07) is 10.4. The molecule has 0 unspecified atom stereocenters. The molecule has 0 saturated heterocycles. The molecule has 0 bridgehead atoms. The summed E-state index contributed by atoms with van der Waals surface area (Å²) in [5.74, 6) is -1.34. The monoisotopic (exact) mass is 314 g/mol. The number of nitro benzene ring substituents is 1. The molecule has 1 aromatic heterocycles. The zero-order valence-electron chi connectivity index (χ0n) is 11.5. The molecule has 114 valence electrons. The number of halogens is 1. The third-order valence-electron chi connectivity index (χ3n) is 3.31. The molecule has 0 spiro atoms. The van der Waals surface area contributed by atoms with E-state index in [9.17, 15) is 24.5 Å². The van der Waals surface area contributed by atoms with Crippen LogP contribution in [0.5, 0.6) is 5.88 Å². The molecule has 2 aromatic carbocycles. The van der Waals surface area contributed by atoms with E-state index >= 15 is 0 Å². The van der Waals surface area contributed by atoms with Crippen molar-refractivity contribution in [3.63, 3.8) is 0 Å². The van der Waals surface area contributed by atoms with E-state index in [1.165, 1.54) is 36.4 Å². The van der Waals surface area contributed by atoms with Gasteiger partial charge in [-0.1, -0.05) is 18.2 Å². The maximum Gasteiger partial charge on any atom is 0.450 e. The van der Waals surface area contributed by atoms with Crippen LogP contribution in [-0.4, -0.2) is 15.1 Å². The lowest BCUT2D eigenvalue weighted by Crippen LogP contribution is -2.16. The first-order chi connectivity index (χ1) is 11.0. The van der Waals surface area contributed by atoms with Gasteiger partial charge in [0, 0.05) is 28.6 Å². The van der Waals surface area contributed by atoms with Gasteiger partial charge in [0.05, 0.1) is 21.0 Å². The fraction of sp³-hybridized carbons (Fsp3) is 0. The molecule has 0 amide bonds. The first-order valence-electron chi connectivity index (χ1n) is 6.47. The molecule has 1 heterocycles. The number of hydrogen-bond acceptors (Lipinski definition) is 5. The zero-order valence-corrected chi connectivity index (χ0v) is 11.5. The Morgan fingerprint density at radius 2 is 1.87 bits per heavy atom. The van der Waals surface area contributed by atoms with Crippen molar-refractivity contribution in [1.29, 1.82) is 0 Å². The van der Waals surface area contributed by atoms with E-state index < -0.39 is 16.6 Å². The van der Waals surface area contributed by atoms with Crippen molar-refractivity contribution in [3.05, 3.63) is 69.4 Å². The van der Waals surface area contributed by atoms with E-state index in [0.29, 0.717) is 0 Å². The predicted molar refractivity (Wildman–Crippen MR) is 78.8 cm³/mol. The molecule has 8 heteroatoms. The van der Waals surface area contributed by atoms with Crippen LogP contribution in [0.3, 0.4) is 0 Å². The van der Waals surface area contributed by atoms with E-state index in [1.807, 2.05) is 0 Å². The Morgan fingerprint density at radius 3 is 2.57 bits per heavy atom. The van der Waals surface area contributed by atoms with Crippen LogP contribution in [-0.2, 0) is 0 Å². The molecule has 0 atom stereocenters. The van der Waals surface area contributed by atoms with Crippen LogP contribution in [0.15, 0.2) is 48.5 Å². The average molecular weight is 314 g/mol. The topological polar surface area (TPSA) is 99.2 Å². The number of aromatic nitrogens is 2. The standard InChI is InChI=1S/C15H8FN3O4/c16-13-4-2-1-3-10(13)11-8-15(20)18(21)17-14-6-5-9(19(22)23)7-12(11)14/h1-8H/p+1. The zero-order chi connectivity index (χ0) is 16.6. The highest BCUT2D eigenvalue weighted by Crippen LogP contribution is 2.31. The number of non-ortho nitro benzene ring substituents is 1. The molecule has 3 aromatic rings. The Labute approximate surface area is 128 Å². The molecule has 3 rings (SSSR count). The highest BCUT2D eigenvalue weighted by molar-refractivity contribution is 5.95. The third kappa shape index (κ3) is 2.57. The highest BCUT2D eigenvalue weighted by atomic mass is 19.1. The summed E-state index contributed by atoms with van der Waals surface area (Å²) in [6.45, 7) is 0. The van der Waals surface area contributed by atoms with E-state index in [4.69, 9.17) is 0 Å². The van der Waals surface area contributed by atoms with Crippen LogP contribution in [0.25, 0.3) is 22.0 Å². The van der Waals surface area contributed by atoms with Gasteiger partial charge in [0.15, 0.2) is 0 Å². The number of hydrogen-bond donors (Lipinski definition) is 1. The van der Waals surface area contributed by atoms with Crippen LogP contribution in [0.1, 0.15) is 0 Å². The third-order valence-corrected chi connectivity index (χ3v) is 3.31. The van der Waals surface area contributed by atoms with Gasteiger partial charge < -0.3 is 5.11 Å². The molecular weight excluding hydrogens is 305 g/mol. The number of nitrogens with zero attached hydrogens (tertiary/aromatic N) is 3. The van der Waals surface area contributed by atoms with Gasteiger partial charge in [0.1, 0.15) is 11.3 Å². The molecule has 0 aliphatic rings. The molecule has 0 radical (unpaired) electrons. The Balaban J connectivity index is 2.51. The van der Waals surface area contributed by atoms with Gasteiger partial charge in [0.25, 0.3) is 5.69 Å². The second kappa shape index (κ2) is 5.41. The lowest BCUT2D eigenvalue weighted by atomic mass is 10.0. The van der Waals surface area contributed by atoms with E-state index in [2.05, 4.69) is 5.10 Å². The number of nitro groups is 1. The minimum Gasteiger partial charge on any atom is -0.455 e. The second-order valence-corrected chi connectivity index (χ2v) is 4.73. The molecule has 0 saturated carbocycles. The highest BCUT2D eigenvalue weighted by Gasteiger charge is 2.18. The molecule has 0 aliphatic carbocycles. The van der Waals surface area contributed by atoms with Gasteiger partial charge in [-0.2, -0.15) is 0 Å². The van der Waals surface area contributed by atoms with Crippen LogP contribution in [0.2, 0.25) is 0 Å². The maximum absolute atomic E-state index is 14.1. The van der Waals surface area contributed by atoms with E-state index in [0.717, 1.165) is 6.07 Å².